The molecule has 0 heterocycles. The van der Waals surface area contributed by atoms with Crippen LogP contribution in [0.4, 0.5) is 0 Å². The van der Waals surface area contributed by atoms with E-state index in [0.29, 0.717) is 5.92 Å². The summed E-state index contributed by atoms with van der Waals surface area (Å²) < 4.78 is 5.80. The molecule has 0 saturated heterocycles. The van der Waals surface area contributed by atoms with Gasteiger partial charge in [0.1, 0.15) is 11.2 Å². The van der Waals surface area contributed by atoms with Crippen LogP contribution in [0.5, 0.6) is 5.75 Å². The van der Waals surface area contributed by atoms with Crippen LogP contribution in [0.3, 0.4) is 0 Å². The highest BCUT2D eigenvalue weighted by molar-refractivity contribution is 8.03. The summed E-state index contributed by atoms with van der Waals surface area (Å²) in [7, 11) is 0. The first-order chi connectivity index (χ1) is 8.69. The van der Waals surface area contributed by atoms with Crippen molar-refractivity contribution in [2.75, 3.05) is 12.4 Å². The number of thiocyanates is 1. The van der Waals surface area contributed by atoms with Gasteiger partial charge in [-0.1, -0.05) is 31.5 Å². The summed E-state index contributed by atoms with van der Waals surface area (Å²) in [6.07, 6.45) is 2.02. The summed E-state index contributed by atoms with van der Waals surface area (Å²) in [5, 5.41) is 10.7. The zero-order valence-corrected chi connectivity index (χ0v) is 12.2. The molecule has 2 nitrogen and oxygen atoms in total. The number of ether oxygens (including phenoxy) is 1. The van der Waals surface area contributed by atoms with E-state index in [1.165, 1.54) is 22.9 Å². The van der Waals surface area contributed by atoms with Crippen LogP contribution in [0.1, 0.15) is 43.7 Å². The zero-order valence-electron chi connectivity index (χ0n) is 11.4. The minimum absolute atomic E-state index is 0.428. The molecule has 1 unspecified atom stereocenters. The molecule has 0 radical (unpaired) electrons. The van der Waals surface area contributed by atoms with Gasteiger partial charge < -0.3 is 4.74 Å². The topological polar surface area (TPSA) is 33.0 Å². The molecule has 0 saturated carbocycles. The predicted molar refractivity (Wildman–Crippen MR) is 78.1 cm³/mol. The van der Waals surface area contributed by atoms with Crippen molar-refractivity contribution in [1.82, 2.24) is 0 Å². The Labute approximate surface area is 114 Å². The third-order valence-corrected chi connectivity index (χ3v) is 3.44. The molecule has 0 aliphatic carbocycles. The van der Waals surface area contributed by atoms with Gasteiger partial charge in [-0.2, -0.15) is 5.26 Å². The maximum atomic E-state index is 8.55. The van der Waals surface area contributed by atoms with Gasteiger partial charge >= 0.3 is 0 Å². The number of nitriles is 1. The van der Waals surface area contributed by atoms with Gasteiger partial charge in [0.05, 0.1) is 6.61 Å². The predicted octanol–water partition coefficient (Wildman–Crippen LogP) is 4.49. The Morgan fingerprint density at radius 3 is 2.89 bits per heavy atom. The molecule has 0 spiro atoms. The molecule has 1 aromatic carbocycles. The Kier molecular flexibility index (Phi) is 6.67. The Morgan fingerprint density at radius 2 is 2.22 bits per heavy atom. The van der Waals surface area contributed by atoms with Crippen molar-refractivity contribution < 1.29 is 4.74 Å². The highest BCUT2D eigenvalue weighted by atomic mass is 32.2. The second-order valence-corrected chi connectivity index (χ2v) is 5.40. The fourth-order valence-corrected chi connectivity index (χ4v) is 2.40. The first kappa shape index (κ1) is 14.9. The minimum Gasteiger partial charge on any atom is -0.493 e. The van der Waals surface area contributed by atoms with E-state index in [0.717, 1.165) is 31.0 Å². The lowest BCUT2D eigenvalue weighted by molar-refractivity contribution is 0.312. The van der Waals surface area contributed by atoms with Gasteiger partial charge in [-0.15, -0.1) is 0 Å². The van der Waals surface area contributed by atoms with Crippen LogP contribution in [-0.2, 0) is 0 Å². The molecule has 0 N–H and O–H groups in total. The third-order valence-electron chi connectivity index (χ3n) is 2.88. The molecule has 0 fully saturated rings. The summed E-state index contributed by atoms with van der Waals surface area (Å²) in [4.78, 5) is 0. The fraction of sp³-hybridized carbons (Fsp3) is 0.533. The number of hydrogen-bond acceptors (Lipinski definition) is 3. The SMILES string of the molecule is CCCOc1ccc(C)cc1C(C)CCSC#N. The molecule has 0 aromatic heterocycles. The number of thioether (sulfide) groups is 1. The van der Waals surface area contributed by atoms with E-state index >= 15 is 0 Å². The Morgan fingerprint density at radius 1 is 1.44 bits per heavy atom. The van der Waals surface area contributed by atoms with Crippen LogP contribution >= 0.6 is 11.8 Å². The van der Waals surface area contributed by atoms with Gasteiger partial charge in [0.25, 0.3) is 0 Å². The van der Waals surface area contributed by atoms with Crippen LogP contribution in [0.15, 0.2) is 18.2 Å². The van der Waals surface area contributed by atoms with Crippen LogP contribution in [-0.4, -0.2) is 12.4 Å². The van der Waals surface area contributed by atoms with E-state index in [4.69, 9.17) is 10.00 Å². The lowest BCUT2D eigenvalue weighted by atomic mass is 9.96. The Hall–Kier alpha value is -1.14. The van der Waals surface area contributed by atoms with Gasteiger partial charge in [-0.25, -0.2) is 0 Å². The second-order valence-electron chi connectivity index (χ2n) is 4.52. The Balaban J connectivity index is 2.77. The normalized spacial score (nSPS) is 11.9. The average molecular weight is 263 g/mol. The molecule has 0 bridgehead atoms. The van der Waals surface area contributed by atoms with E-state index in [9.17, 15) is 0 Å². The van der Waals surface area contributed by atoms with E-state index in [1.807, 2.05) is 0 Å². The van der Waals surface area contributed by atoms with Crippen molar-refractivity contribution in [2.45, 2.75) is 39.5 Å². The lowest BCUT2D eigenvalue weighted by Crippen LogP contribution is -2.03. The number of nitrogens with zero attached hydrogens (tertiary/aromatic N) is 1. The second kappa shape index (κ2) is 8.05. The summed E-state index contributed by atoms with van der Waals surface area (Å²) in [6, 6.07) is 6.35. The monoisotopic (exact) mass is 263 g/mol. The largest absolute Gasteiger partial charge is 0.493 e. The van der Waals surface area contributed by atoms with Crippen LogP contribution in [0.25, 0.3) is 0 Å². The zero-order chi connectivity index (χ0) is 13.4. The molecule has 1 atom stereocenters. The van der Waals surface area contributed by atoms with Crippen molar-refractivity contribution in [1.29, 1.82) is 5.26 Å². The van der Waals surface area contributed by atoms with Gasteiger partial charge in [-0.3, -0.25) is 0 Å². The average Bonchev–Trinajstić information content (AvgIpc) is 2.37. The number of benzene rings is 1. The summed E-state index contributed by atoms with van der Waals surface area (Å²) in [6.45, 7) is 7.17. The molecule has 1 rings (SSSR count). The minimum atomic E-state index is 0.428. The molecule has 0 amide bonds. The smallest absolute Gasteiger partial charge is 0.133 e. The van der Waals surface area contributed by atoms with Gasteiger partial charge in [0.2, 0.25) is 0 Å². The first-order valence-electron chi connectivity index (χ1n) is 6.43. The fourth-order valence-electron chi connectivity index (χ4n) is 1.83. The van der Waals surface area contributed by atoms with Gasteiger partial charge in [0, 0.05) is 5.75 Å². The molecular weight excluding hydrogens is 242 g/mol. The van der Waals surface area contributed by atoms with E-state index in [2.05, 4.69) is 44.4 Å². The molecule has 0 aliphatic rings. The maximum Gasteiger partial charge on any atom is 0.133 e. The molecule has 98 valence electrons. The molecule has 18 heavy (non-hydrogen) atoms. The standard InChI is InChI=1S/C15H21NOS/c1-4-8-17-15-6-5-12(2)10-14(15)13(3)7-9-18-11-16/h5-6,10,13H,4,7-9H2,1-3H3. The summed E-state index contributed by atoms with van der Waals surface area (Å²) in [5.74, 6) is 2.30. The first-order valence-corrected chi connectivity index (χ1v) is 7.41. The highest BCUT2D eigenvalue weighted by Gasteiger charge is 2.12. The lowest BCUT2D eigenvalue weighted by Gasteiger charge is -2.17. The number of hydrogen-bond donors (Lipinski definition) is 0. The third kappa shape index (κ3) is 4.62. The van der Waals surface area contributed by atoms with Crippen molar-refractivity contribution in [2.24, 2.45) is 0 Å². The van der Waals surface area contributed by atoms with E-state index in [-0.39, 0.29) is 0 Å². The van der Waals surface area contributed by atoms with Crippen molar-refractivity contribution in [3.05, 3.63) is 29.3 Å². The van der Waals surface area contributed by atoms with Crippen molar-refractivity contribution in [3.63, 3.8) is 0 Å². The van der Waals surface area contributed by atoms with E-state index < -0.39 is 0 Å². The molecule has 1 aromatic rings. The Bertz CT molecular complexity index is 411. The van der Waals surface area contributed by atoms with Crippen molar-refractivity contribution >= 4 is 11.8 Å². The van der Waals surface area contributed by atoms with E-state index in [1.54, 1.807) is 0 Å². The van der Waals surface area contributed by atoms with Crippen LogP contribution in [0.2, 0.25) is 0 Å². The quantitative estimate of drug-likeness (QED) is 0.536. The maximum absolute atomic E-state index is 8.55. The van der Waals surface area contributed by atoms with Gasteiger partial charge in [0.15, 0.2) is 0 Å². The highest BCUT2D eigenvalue weighted by Crippen LogP contribution is 2.30. The van der Waals surface area contributed by atoms with Gasteiger partial charge in [-0.05, 0) is 49.1 Å². The molecular formula is C15H21NOS. The molecule has 3 heteroatoms. The molecule has 0 aliphatic heterocycles. The summed E-state index contributed by atoms with van der Waals surface area (Å²) in [5.41, 5.74) is 2.52. The van der Waals surface area contributed by atoms with Crippen LogP contribution < -0.4 is 4.74 Å². The summed E-state index contributed by atoms with van der Waals surface area (Å²) >= 11 is 1.32. The van der Waals surface area contributed by atoms with Crippen LogP contribution in [0, 0.1) is 17.6 Å². The number of aryl methyl sites for hydroxylation is 1. The van der Waals surface area contributed by atoms with Crippen molar-refractivity contribution in [3.8, 4) is 11.2 Å². The number of rotatable bonds is 7.